The highest BCUT2D eigenvalue weighted by Gasteiger charge is 2.12. The van der Waals surface area contributed by atoms with Crippen LogP contribution in [0.3, 0.4) is 0 Å². The smallest absolute Gasteiger partial charge is 0.282 e. The van der Waals surface area contributed by atoms with Crippen LogP contribution in [0.5, 0.6) is 0 Å². The number of nitrogens with one attached hydrogen (secondary N) is 2. The van der Waals surface area contributed by atoms with Crippen LogP contribution < -0.4 is 10.6 Å². The lowest BCUT2D eigenvalue weighted by Gasteiger charge is -1.99. The molecule has 0 saturated carbocycles. The van der Waals surface area contributed by atoms with Crippen molar-refractivity contribution in [2.45, 2.75) is 26.8 Å². The largest absolute Gasteiger partial charge is 0.360 e. The van der Waals surface area contributed by atoms with Crippen molar-refractivity contribution in [2.24, 2.45) is 0 Å². The van der Waals surface area contributed by atoms with Gasteiger partial charge in [-0.2, -0.15) is 0 Å². The van der Waals surface area contributed by atoms with Gasteiger partial charge in [0.05, 0.1) is 17.2 Å². The van der Waals surface area contributed by atoms with Crippen LogP contribution in [0, 0.1) is 6.92 Å². The van der Waals surface area contributed by atoms with E-state index in [1.807, 2.05) is 12.3 Å². The number of rotatable bonds is 6. The minimum Gasteiger partial charge on any atom is -0.360 e. The van der Waals surface area contributed by atoms with Gasteiger partial charge in [-0.1, -0.05) is 18.3 Å². The van der Waals surface area contributed by atoms with Crippen molar-refractivity contribution in [3.05, 3.63) is 21.1 Å². The third-order valence-electron chi connectivity index (χ3n) is 2.24. The summed E-state index contributed by atoms with van der Waals surface area (Å²) in [5, 5.41) is 17.6. The number of hydrogen-bond acceptors (Lipinski definition) is 7. The summed E-state index contributed by atoms with van der Waals surface area (Å²) in [6.45, 7) is 5.25. The van der Waals surface area contributed by atoms with Crippen molar-refractivity contribution in [1.82, 2.24) is 20.5 Å². The Morgan fingerprint density at radius 3 is 2.95 bits per heavy atom. The number of carbonyl (C=O) groups excluding carboxylic acids is 1. The van der Waals surface area contributed by atoms with Crippen LogP contribution in [0.2, 0.25) is 0 Å². The zero-order valence-corrected chi connectivity index (χ0v) is 12.4. The summed E-state index contributed by atoms with van der Waals surface area (Å²) in [6, 6.07) is 0. The van der Waals surface area contributed by atoms with E-state index in [4.69, 9.17) is 0 Å². The molecule has 2 rings (SSSR count). The molecule has 8 heteroatoms. The van der Waals surface area contributed by atoms with Gasteiger partial charge in [-0.3, -0.25) is 4.79 Å². The van der Waals surface area contributed by atoms with E-state index < -0.39 is 0 Å². The number of aryl methyl sites for hydroxylation is 1. The van der Waals surface area contributed by atoms with Crippen LogP contribution in [0.25, 0.3) is 0 Å². The highest BCUT2D eigenvalue weighted by molar-refractivity contribution is 7.17. The average Bonchev–Trinajstić information content (AvgIpc) is 3.02. The molecule has 1 amide bonds. The third kappa shape index (κ3) is 3.97. The SMILES string of the molecule is CCCNc1nnc(C(=O)NCc2csc(C)n2)s1. The van der Waals surface area contributed by atoms with E-state index in [1.54, 1.807) is 11.3 Å². The van der Waals surface area contributed by atoms with E-state index in [0.29, 0.717) is 16.7 Å². The second-order valence-corrected chi connectivity index (χ2v) is 5.92. The Morgan fingerprint density at radius 2 is 2.26 bits per heavy atom. The zero-order chi connectivity index (χ0) is 13.7. The molecule has 2 aromatic rings. The standard InChI is InChI=1S/C11H15N5OS2/c1-3-4-12-11-16-15-10(19-11)9(17)13-5-8-6-18-7(2)14-8/h6H,3-5H2,1-2H3,(H,12,16)(H,13,17). The van der Waals surface area contributed by atoms with Crippen molar-refractivity contribution < 1.29 is 4.79 Å². The molecule has 0 spiro atoms. The van der Waals surface area contributed by atoms with Gasteiger partial charge in [-0.25, -0.2) is 4.98 Å². The number of carbonyl (C=O) groups is 1. The first-order chi connectivity index (χ1) is 9.19. The molecule has 0 radical (unpaired) electrons. The molecule has 0 atom stereocenters. The number of nitrogens with zero attached hydrogens (tertiary/aromatic N) is 3. The van der Waals surface area contributed by atoms with E-state index in [2.05, 4.69) is 32.7 Å². The molecule has 0 aliphatic heterocycles. The molecule has 0 aliphatic carbocycles. The molecule has 0 bridgehead atoms. The van der Waals surface area contributed by atoms with Crippen LogP contribution in [-0.4, -0.2) is 27.6 Å². The molecular weight excluding hydrogens is 282 g/mol. The van der Waals surface area contributed by atoms with E-state index in [9.17, 15) is 4.79 Å². The Labute approximate surface area is 119 Å². The molecule has 2 aromatic heterocycles. The Kier molecular flexibility index (Phi) is 4.80. The summed E-state index contributed by atoms with van der Waals surface area (Å²) in [5.74, 6) is -0.215. The molecule has 0 saturated heterocycles. The maximum atomic E-state index is 11.9. The fourth-order valence-corrected chi connectivity index (χ4v) is 2.65. The lowest BCUT2D eigenvalue weighted by atomic mass is 10.4. The van der Waals surface area contributed by atoms with Crippen molar-refractivity contribution >= 4 is 33.7 Å². The summed E-state index contributed by atoms with van der Waals surface area (Å²) in [4.78, 5) is 16.1. The first-order valence-corrected chi connectivity index (χ1v) is 7.65. The van der Waals surface area contributed by atoms with Crippen LogP contribution in [0.15, 0.2) is 5.38 Å². The maximum absolute atomic E-state index is 11.9. The molecule has 2 heterocycles. The predicted molar refractivity (Wildman–Crippen MR) is 76.7 cm³/mol. The Bertz CT molecular complexity index is 551. The highest BCUT2D eigenvalue weighted by atomic mass is 32.1. The van der Waals surface area contributed by atoms with Crippen molar-refractivity contribution in [3.63, 3.8) is 0 Å². The summed E-state index contributed by atoms with van der Waals surface area (Å²) < 4.78 is 0. The van der Waals surface area contributed by atoms with Gasteiger partial charge in [0.15, 0.2) is 0 Å². The molecule has 0 unspecified atom stereocenters. The van der Waals surface area contributed by atoms with Crippen molar-refractivity contribution in [3.8, 4) is 0 Å². The van der Waals surface area contributed by atoms with Crippen LogP contribution >= 0.6 is 22.7 Å². The van der Waals surface area contributed by atoms with Gasteiger partial charge in [0, 0.05) is 11.9 Å². The summed E-state index contributed by atoms with van der Waals surface area (Å²) in [7, 11) is 0. The fourth-order valence-electron chi connectivity index (χ4n) is 1.35. The molecule has 19 heavy (non-hydrogen) atoms. The van der Waals surface area contributed by atoms with Gasteiger partial charge in [0.25, 0.3) is 5.91 Å². The lowest BCUT2D eigenvalue weighted by molar-refractivity contribution is 0.0949. The lowest BCUT2D eigenvalue weighted by Crippen LogP contribution is -2.22. The first-order valence-electron chi connectivity index (χ1n) is 5.95. The summed E-state index contributed by atoms with van der Waals surface area (Å²) in [5.41, 5.74) is 0.865. The number of hydrogen-bond donors (Lipinski definition) is 2. The minimum absolute atomic E-state index is 0.215. The molecule has 6 nitrogen and oxygen atoms in total. The van der Waals surface area contributed by atoms with Crippen LogP contribution in [0.4, 0.5) is 5.13 Å². The van der Waals surface area contributed by atoms with E-state index in [1.165, 1.54) is 11.3 Å². The summed E-state index contributed by atoms with van der Waals surface area (Å²) in [6.07, 6.45) is 1.00. The molecule has 2 N–H and O–H groups in total. The third-order valence-corrected chi connectivity index (χ3v) is 3.94. The highest BCUT2D eigenvalue weighted by Crippen LogP contribution is 2.15. The van der Waals surface area contributed by atoms with Gasteiger partial charge in [-0.05, 0) is 13.3 Å². The average molecular weight is 297 g/mol. The normalized spacial score (nSPS) is 10.4. The van der Waals surface area contributed by atoms with Crippen molar-refractivity contribution in [1.29, 1.82) is 0 Å². The summed E-state index contributed by atoms with van der Waals surface area (Å²) >= 11 is 2.83. The number of anilines is 1. The maximum Gasteiger partial charge on any atom is 0.282 e. The quantitative estimate of drug-likeness (QED) is 0.853. The Hall–Kier alpha value is -1.54. The predicted octanol–water partition coefficient (Wildman–Crippen LogP) is 2.05. The Morgan fingerprint density at radius 1 is 1.42 bits per heavy atom. The molecule has 0 aliphatic rings. The second kappa shape index (κ2) is 6.58. The molecule has 0 fully saturated rings. The first kappa shape index (κ1) is 13.9. The number of thiazole rings is 1. The second-order valence-electron chi connectivity index (χ2n) is 3.88. The van der Waals surface area contributed by atoms with Crippen LogP contribution in [-0.2, 0) is 6.54 Å². The van der Waals surface area contributed by atoms with E-state index in [-0.39, 0.29) is 5.91 Å². The molecule has 0 aromatic carbocycles. The fraction of sp³-hybridized carbons (Fsp3) is 0.455. The van der Waals surface area contributed by atoms with Crippen LogP contribution in [0.1, 0.15) is 33.8 Å². The van der Waals surface area contributed by atoms with Gasteiger partial charge < -0.3 is 10.6 Å². The van der Waals surface area contributed by atoms with E-state index >= 15 is 0 Å². The van der Waals surface area contributed by atoms with Crippen molar-refractivity contribution in [2.75, 3.05) is 11.9 Å². The molecular formula is C11H15N5OS2. The van der Waals surface area contributed by atoms with Gasteiger partial charge in [0.1, 0.15) is 0 Å². The minimum atomic E-state index is -0.215. The van der Waals surface area contributed by atoms with Gasteiger partial charge in [-0.15, -0.1) is 21.5 Å². The molecule has 102 valence electrons. The topological polar surface area (TPSA) is 79.8 Å². The monoisotopic (exact) mass is 297 g/mol. The van der Waals surface area contributed by atoms with Gasteiger partial charge >= 0.3 is 0 Å². The number of aromatic nitrogens is 3. The zero-order valence-electron chi connectivity index (χ0n) is 10.8. The van der Waals surface area contributed by atoms with E-state index in [0.717, 1.165) is 23.7 Å². The number of amides is 1. The van der Waals surface area contributed by atoms with Gasteiger partial charge in [0.2, 0.25) is 10.1 Å². The Balaban J connectivity index is 1.87.